The maximum absolute atomic E-state index is 12.8. The fraction of sp³-hybridized carbons (Fsp3) is 0.500. The van der Waals surface area contributed by atoms with Crippen molar-refractivity contribution in [3.05, 3.63) is 41.6 Å². The van der Waals surface area contributed by atoms with Crippen molar-refractivity contribution in [2.75, 3.05) is 25.1 Å². The number of anilines is 1. The molecule has 9 nitrogen and oxygen atoms in total. The molecule has 0 bridgehead atoms. The number of aliphatic hydroxyl groups is 1. The maximum atomic E-state index is 12.8. The van der Waals surface area contributed by atoms with E-state index in [1.165, 1.54) is 24.3 Å². The van der Waals surface area contributed by atoms with E-state index >= 15 is 0 Å². The first-order chi connectivity index (χ1) is 16.0. The number of nitrogens with one attached hydrogen (secondary N) is 2. The standard InChI is InChI=1S/C22H26F2N4O5/c23-21(24)32-16-4-1-13(2-5-16)17(12-29)27-19(30)18-6-3-14-11-25-22(28-20(14)33-18)26-15-7-9-31-10-8-15/h1-2,4-5,11,15,17-18,21,29H,3,6-10,12H2,(H,27,30)(H,25,26,28)/t17-,18-/m1/s1. The van der Waals surface area contributed by atoms with E-state index in [0.717, 1.165) is 18.4 Å². The number of hydrogen-bond donors (Lipinski definition) is 3. The Kier molecular flexibility index (Phi) is 7.50. The number of ether oxygens (including phenoxy) is 3. The van der Waals surface area contributed by atoms with E-state index in [0.29, 0.717) is 43.4 Å². The molecule has 33 heavy (non-hydrogen) atoms. The highest BCUT2D eigenvalue weighted by molar-refractivity contribution is 5.82. The molecule has 0 unspecified atom stereocenters. The molecule has 0 spiro atoms. The lowest BCUT2D eigenvalue weighted by molar-refractivity contribution is -0.130. The smallest absolute Gasteiger partial charge is 0.387 e. The van der Waals surface area contributed by atoms with Crippen LogP contribution in [0.3, 0.4) is 0 Å². The molecule has 2 aromatic rings. The van der Waals surface area contributed by atoms with Gasteiger partial charge in [0.1, 0.15) is 5.75 Å². The Bertz CT molecular complexity index is 941. The van der Waals surface area contributed by atoms with E-state index in [1.54, 1.807) is 6.20 Å². The third-order valence-electron chi connectivity index (χ3n) is 5.61. The molecule has 11 heteroatoms. The van der Waals surface area contributed by atoms with E-state index in [4.69, 9.17) is 9.47 Å². The number of amides is 1. The van der Waals surface area contributed by atoms with Gasteiger partial charge in [-0.2, -0.15) is 13.8 Å². The van der Waals surface area contributed by atoms with E-state index in [2.05, 4.69) is 25.3 Å². The van der Waals surface area contributed by atoms with Crippen LogP contribution in [0.25, 0.3) is 0 Å². The quantitative estimate of drug-likeness (QED) is 0.545. The summed E-state index contributed by atoms with van der Waals surface area (Å²) in [6.45, 7) is -1.91. The molecule has 178 valence electrons. The second-order valence-electron chi connectivity index (χ2n) is 7.89. The molecule has 2 aliphatic heterocycles. The van der Waals surface area contributed by atoms with Gasteiger partial charge in [0.05, 0.1) is 12.6 Å². The van der Waals surface area contributed by atoms with Gasteiger partial charge in [0.15, 0.2) is 6.10 Å². The Labute approximate surface area is 189 Å². The average Bonchev–Trinajstić information content (AvgIpc) is 2.83. The van der Waals surface area contributed by atoms with Crippen molar-refractivity contribution < 1.29 is 32.9 Å². The van der Waals surface area contributed by atoms with E-state index in [1.807, 2.05) is 0 Å². The fourth-order valence-corrected chi connectivity index (χ4v) is 3.80. The summed E-state index contributed by atoms with van der Waals surface area (Å²) < 4.78 is 40.2. The van der Waals surface area contributed by atoms with Gasteiger partial charge in [0.25, 0.3) is 5.91 Å². The third kappa shape index (κ3) is 6.05. The molecule has 1 saturated heterocycles. The van der Waals surface area contributed by atoms with Gasteiger partial charge in [0.2, 0.25) is 11.8 Å². The van der Waals surface area contributed by atoms with Gasteiger partial charge in [0, 0.05) is 31.0 Å². The number of halogens is 2. The van der Waals surface area contributed by atoms with Gasteiger partial charge in [-0.05, 0) is 43.4 Å². The average molecular weight is 464 g/mol. The summed E-state index contributed by atoms with van der Waals surface area (Å²) in [4.78, 5) is 21.6. The van der Waals surface area contributed by atoms with Crippen LogP contribution in [0.1, 0.15) is 36.4 Å². The minimum Gasteiger partial charge on any atom is -0.464 e. The minimum absolute atomic E-state index is 0.00571. The number of aryl methyl sites for hydroxylation is 1. The van der Waals surface area contributed by atoms with Gasteiger partial charge in [-0.3, -0.25) is 4.79 Å². The van der Waals surface area contributed by atoms with Crippen molar-refractivity contribution in [2.45, 2.75) is 50.5 Å². The Morgan fingerprint density at radius 1 is 1.21 bits per heavy atom. The lowest BCUT2D eigenvalue weighted by Gasteiger charge is -2.27. The Morgan fingerprint density at radius 2 is 1.97 bits per heavy atom. The number of aliphatic hydroxyl groups excluding tert-OH is 1. The number of benzene rings is 1. The van der Waals surface area contributed by atoms with Gasteiger partial charge < -0.3 is 30.0 Å². The molecule has 3 heterocycles. The predicted molar refractivity (Wildman–Crippen MR) is 113 cm³/mol. The van der Waals surface area contributed by atoms with Crippen LogP contribution in [0.4, 0.5) is 14.7 Å². The summed E-state index contributed by atoms with van der Waals surface area (Å²) in [7, 11) is 0. The fourth-order valence-electron chi connectivity index (χ4n) is 3.80. The number of carbonyl (C=O) groups excluding carboxylic acids is 1. The summed E-state index contributed by atoms with van der Waals surface area (Å²) in [6, 6.07) is 5.23. The zero-order valence-electron chi connectivity index (χ0n) is 17.9. The normalized spacial score (nSPS) is 19.3. The van der Waals surface area contributed by atoms with Crippen LogP contribution in [0.5, 0.6) is 11.6 Å². The maximum Gasteiger partial charge on any atom is 0.387 e. The Balaban J connectivity index is 1.37. The van der Waals surface area contributed by atoms with Crippen LogP contribution in [0.15, 0.2) is 30.5 Å². The number of hydrogen-bond acceptors (Lipinski definition) is 8. The van der Waals surface area contributed by atoms with E-state index in [9.17, 15) is 18.7 Å². The lowest BCUT2D eigenvalue weighted by Crippen LogP contribution is -2.43. The summed E-state index contributed by atoms with van der Waals surface area (Å²) in [6.07, 6.45) is 3.67. The Morgan fingerprint density at radius 3 is 2.67 bits per heavy atom. The third-order valence-corrected chi connectivity index (χ3v) is 5.61. The Hall–Kier alpha value is -3.05. The summed E-state index contributed by atoms with van der Waals surface area (Å²) in [5.41, 5.74) is 1.37. The molecule has 1 amide bonds. The molecule has 4 rings (SSSR count). The molecule has 3 N–H and O–H groups in total. The molecular formula is C22H26F2N4O5. The number of carbonyl (C=O) groups is 1. The van der Waals surface area contributed by atoms with Gasteiger partial charge in [-0.25, -0.2) is 4.98 Å². The zero-order valence-corrected chi connectivity index (χ0v) is 17.9. The predicted octanol–water partition coefficient (Wildman–Crippen LogP) is 2.21. The highest BCUT2D eigenvalue weighted by Crippen LogP contribution is 2.27. The van der Waals surface area contributed by atoms with Crippen molar-refractivity contribution >= 4 is 11.9 Å². The zero-order chi connectivity index (χ0) is 23.2. The van der Waals surface area contributed by atoms with Crippen LogP contribution in [-0.2, 0) is 16.0 Å². The van der Waals surface area contributed by atoms with Crippen LogP contribution in [-0.4, -0.2) is 59.6 Å². The van der Waals surface area contributed by atoms with Gasteiger partial charge in [-0.15, -0.1) is 0 Å². The molecule has 1 aromatic carbocycles. The van der Waals surface area contributed by atoms with Crippen molar-refractivity contribution in [1.29, 1.82) is 0 Å². The molecule has 2 atom stereocenters. The molecular weight excluding hydrogens is 438 g/mol. The monoisotopic (exact) mass is 464 g/mol. The molecule has 0 aliphatic carbocycles. The van der Waals surface area contributed by atoms with Crippen molar-refractivity contribution in [1.82, 2.24) is 15.3 Å². The topological polar surface area (TPSA) is 115 Å². The number of rotatable bonds is 8. The second kappa shape index (κ2) is 10.7. The molecule has 1 fully saturated rings. The largest absolute Gasteiger partial charge is 0.464 e. The van der Waals surface area contributed by atoms with Crippen LogP contribution < -0.4 is 20.1 Å². The van der Waals surface area contributed by atoms with E-state index in [-0.39, 0.29) is 18.4 Å². The van der Waals surface area contributed by atoms with Gasteiger partial charge in [-0.1, -0.05) is 12.1 Å². The molecule has 1 aromatic heterocycles. The van der Waals surface area contributed by atoms with Crippen LogP contribution in [0, 0.1) is 0 Å². The number of nitrogens with zero attached hydrogens (tertiary/aromatic N) is 2. The second-order valence-corrected chi connectivity index (χ2v) is 7.89. The molecule has 0 saturated carbocycles. The highest BCUT2D eigenvalue weighted by Gasteiger charge is 2.29. The van der Waals surface area contributed by atoms with Crippen molar-refractivity contribution in [2.24, 2.45) is 0 Å². The first-order valence-corrected chi connectivity index (χ1v) is 10.8. The summed E-state index contributed by atoms with van der Waals surface area (Å²) in [5.74, 6) is 0.403. The number of aromatic nitrogens is 2. The van der Waals surface area contributed by atoms with Crippen LogP contribution in [0.2, 0.25) is 0 Å². The molecule has 0 radical (unpaired) electrons. The van der Waals surface area contributed by atoms with Crippen molar-refractivity contribution in [3.63, 3.8) is 0 Å². The first kappa shape index (κ1) is 23.1. The van der Waals surface area contributed by atoms with Crippen molar-refractivity contribution in [3.8, 4) is 11.6 Å². The summed E-state index contributed by atoms with van der Waals surface area (Å²) >= 11 is 0. The van der Waals surface area contributed by atoms with E-state index < -0.39 is 24.7 Å². The number of fused-ring (bicyclic) bond motifs is 1. The molecule has 2 aliphatic rings. The number of alkyl halides is 2. The SMILES string of the molecule is O=C(N[C@H](CO)c1ccc(OC(F)F)cc1)[C@H]1CCc2cnc(NC3CCOCC3)nc2O1. The lowest BCUT2D eigenvalue weighted by atomic mass is 10.0. The minimum atomic E-state index is -2.92. The first-order valence-electron chi connectivity index (χ1n) is 10.8. The summed E-state index contributed by atoms with van der Waals surface area (Å²) in [5, 5.41) is 15.8. The highest BCUT2D eigenvalue weighted by atomic mass is 19.3. The van der Waals surface area contributed by atoms with Gasteiger partial charge >= 0.3 is 6.61 Å². The van der Waals surface area contributed by atoms with Crippen LogP contribution >= 0.6 is 0 Å².